The number of anilines is 1. The van der Waals surface area contributed by atoms with Crippen molar-refractivity contribution in [1.29, 1.82) is 0 Å². The van der Waals surface area contributed by atoms with Crippen LogP contribution in [0.2, 0.25) is 0 Å². The fourth-order valence-electron chi connectivity index (χ4n) is 1.95. The summed E-state index contributed by atoms with van der Waals surface area (Å²) in [6.45, 7) is -1.88. The number of aromatic hydroxyl groups is 1. The van der Waals surface area contributed by atoms with Crippen molar-refractivity contribution in [3.05, 3.63) is 53.6 Å². The normalized spacial score (nSPS) is 10.4. The van der Waals surface area contributed by atoms with E-state index in [-0.39, 0.29) is 17.1 Å². The highest BCUT2D eigenvalue weighted by atomic mass is 19.3. The average Bonchev–Trinajstić information content (AvgIpc) is 2.56. The maximum atomic E-state index is 12.0. The van der Waals surface area contributed by atoms with Crippen LogP contribution in [0.25, 0.3) is 0 Å². The summed E-state index contributed by atoms with van der Waals surface area (Å²) in [5, 5.41) is 12.2. The number of phenolic OH excluding ortho intramolecular Hbond substituents is 1. The molecule has 1 amide bonds. The van der Waals surface area contributed by atoms with Gasteiger partial charge >= 0.3 is 12.6 Å². The number of benzene rings is 2. The Kier molecular flexibility index (Phi) is 5.89. The van der Waals surface area contributed by atoms with E-state index in [1.807, 2.05) is 0 Å². The van der Waals surface area contributed by atoms with E-state index in [0.717, 1.165) is 0 Å². The Morgan fingerprint density at radius 1 is 1.16 bits per heavy atom. The Hall–Kier alpha value is -3.16. The molecule has 6 nitrogen and oxygen atoms in total. The van der Waals surface area contributed by atoms with Crippen LogP contribution in [0.3, 0.4) is 0 Å². The number of para-hydroxylation sites is 1. The van der Waals surface area contributed by atoms with E-state index in [1.165, 1.54) is 30.3 Å². The number of ether oxygens (including phenoxy) is 2. The highest BCUT2D eigenvalue weighted by Crippen LogP contribution is 2.22. The minimum Gasteiger partial charge on any atom is -0.507 e. The minimum absolute atomic E-state index is 0.0405. The highest BCUT2D eigenvalue weighted by Gasteiger charge is 2.15. The average molecular weight is 351 g/mol. The van der Waals surface area contributed by atoms with Crippen molar-refractivity contribution < 1.29 is 33.0 Å². The van der Waals surface area contributed by atoms with Gasteiger partial charge in [-0.1, -0.05) is 12.1 Å². The molecule has 2 N–H and O–H groups in total. The molecule has 0 aliphatic carbocycles. The first-order valence-corrected chi connectivity index (χ1v) is 7.17. The number of nitrogens with one attached hydrogen (secondary N) is 1. The third kappa shape index (κ3) is 5.17. The maximum Gasteiger partial charge on any atom is 0.387 e. The van der Waals surface area contributed by atoms with E-state index in [1.54, 1.807) is 19.1 Å². The van der Waals surface area contributed by atoms with E-state index in [2.05, 4.69) is 10.1 Å². The van der Waals surface area contributed by atoms with Gasteiger partial charge in [-0.25, -0.2) is 4.79 Å². The Morgan fingerprint density at radius 3 is 2.48 bits per heavy atom. The first-order chi connectivity index (χ1) is 11.9. The monoisotopic (exact) mass is 351 g/mol. The third-order valence-corrected chi connectivity index (χ3v) is 3.16. The maximum absolute atomic E-state index is 12.0. The zero-order valence-corrected chi connectivity index (χ0v) is 13.2. The van der Waals surface area contributed by atoms with Gasteiger partial charge in [0.05, 0.1) is 0 Å². The van der Waals surface area contributed by atoms with Gasteiger partial charge in [0.2, 0.25) is 0 Å². The number of esters is 1. The number of amides is 1. The second-order valence-electron chi connectivity index (χ2n) is 5.00. The number of carbonyl (C=O) groups is 2. The second-order valence-corrected chi connectivity index (χ2v) is 5.00. The molecule has 0 heterocycles. The lowest BCUT2D eigenvalue weighted by Gasteiger charge is -2.09. The fraction of sp³-hybridized carbons (Fsp3) is 0.176. The van der Waals surface area contributed by atoms with Gasteiger partial charge in [-0.2, -0.15) is 8.78 Å². The minimum atomic E-state index is -2.93. The van der Waals surface area contributed by atoms with Crippen molar-refractivity contribution in [3.63, 3.8) is 0 Å². The Bertz CT molecular complexity index is 762. The van der Waals surface area contributed by atoms with Gasteiger partial charge in [-0.15, -0.1) is 0 Å². The molecule has 2 rings (SSSR count). The molecule has 2 aromatic rings. The zero-order chi connectivity index (χ0) is 18.4. The SMILES string of the molecule is Cc1cccc(C(=O)OCC(=O)Nc2ccc(OC(F)F)cc2)c1O. The van der Waals surface area contributed by atoms with E-state index in [4.69, 9.17) is 4.74 Å². The first kappa shape index (κ1) is 18.2. The summed E-state index contributed by atoms with van der Waals surface area (Å²) in [4.78, 5) is 23.6. The van der Waals surface area contributed by atoms with Gasteiger partial charge in [-0.3, -0.25) is 4.79 Å². The summed E-state index contributed by atoms with van der Waals surface area (Å²) in [6, 6.07) is 9.84. The quantitative estimate of drug-likeness (QED) is 0.781. The van der Waals surface area contributed by atoms with Crippen LogP contribution in [0.4, 0.5) is 14.5 Å². The molecule has 8 heteroatoms. The van der Waals surface area contributed by atoms with E-state index >= 15 is 0 Å². The molecule has 2 aromatic carbocycles. The molecule has 0 saturated heterocycles. The summed E-state index contributed by atoms with van der Waals surface area (Å²) in [5.41, 5.74) is 0.785. The number of halogens is 2. The van der Waals surface area contributed by atoms with Crippen LogP contribution in [-0.2, 0) is 9.53 Å². The number of alkyl halides is 2. The zero-order valence-electron chi connectivity index (χ0n) is 13.2. The van der Waals surface area contributed by atoms with Crippen molar-refractivity contribution in [1.82, 2.24) is 0 Å². The van der Waals surface area contributed by atoms with Crippen LogP contribution in [0.1, 0.15) is 15.9 Å². The van der Waals surface area contributed by atoms with E-state index in [9.17, 15) is 23.5 Å². The smallest absolute Gasteiger partial charge is 0.387 e. The number of phenols is 1. The topological polar surface area (TPSA) is 84.9 Å². The third-order valence-electron chi connectivity index (χ3n) is 3.16. The number of aryl methyl sites for hydroxylation is 1. The van der Waals surface area contributed by atoms with Crippen molar-refractivity contribution in [2.75, 3.05) is 11.9 Å². The highest BCUT2D eigenvalue weighted by molar-refractivity contribution is 5.96. The van der Waals surface area contributed by atoms with Gasteiger partial charge < -0.3 is 19.9 Å². The molecule has 0 aliphatic heterocycles. The predicted molar refractivity (Wildman–Crippen MR) is 84.8 cm³/mol. The molecule has 25 heavy (non-hydrogen) atoms. The molecular formula is C17H15F2NO5. The van der Waals surface area contributed by atoms with Crippen LogP contribution < -0.4 is 10.1 Å². The Labute approximate surface area is 142 Å². The summed E-state index contributed by atoms with van der Waals surface area (Å²) in [6.07, 6.45) is 0. The molecule has 0 unspecified atom stereocenters. The summed E-state index contributed by atoms with van der Waals surface area (Å²) in [7, 11) is 0. The van der Waals surface area contributed by atoms with Crippen LogP contribution in [0.15, 0.2) is 42.5 Å². The molecule has 0 bridgehead atoms. The van der Waals surface area contributed by atoms with Crippen LogP contribution in [0.5, 0.6) is 11.5 Å². The molecule has 0 atom stereocenters. The molecule has 132 valence electrons. The second kappa shape index (κ2) is 8.09. The van der Waals surface area contributed by atoms with Crippen LogP contribution >= 0.6 is 0 Å². The van der Waals surface area contributed by atoms with Gasteiger partial charge in [0.25, 0.3) is 5.91 Å². The molecule has 0 spiro atoms. The van der Waals surface area contributed by atoms with Crippen molar-refractivity contribution >= 4 is 17.6 Å². The van der Waals surface area contributed by atoms with Crippen molar-refractivity contribution in [2.24, 2.45) is 0 Å². The van der Waals surface area contributed by atoms with Gasteiger partial charge in [0.1, 0.15) is 17.1 Å². The fourth-order valence-corrected chi connectivity index (χ4v) is 1.95. The van der Waals surface area contributed by atoms with E-state index in [0.29, 0.717) is 11.3 Å². The van der Waals surface area contributed by atoms with Crippen molar-refractivity contribution in [3.8, 4) is 11.5 Å². The van der Waals surface area contributed by atoms with Crippen molar-refractivity contribution in [2.45, 2.75) is 13.5 Å². The van der Waals surface area contributed by atoms with Gasteiger partial charge in [-0.05, 0) is 42.8 Å². The standard InChI is InChI=1S/C17H15F2NO5/c1-10-3-2-4-13(15(10)22)16(23)24-9-14(21)20-11-5-7-12(8-6-11)25-17(18)19/h2-8,17,22H,9H2,1H3,(H,20,21). The number of hydrogen-bond acceptors (Lipinski definition) is 5. The van der Waals surface area contributed by atoms with Crippen LogP contribution in [-0.4, -0.2) is 30.2 Å². The number of rotatable bonds is 6. The van der Waals surface area contributed by atoms with E-state index < -0.39 is 25.1 Å². The Balaban J connectivity index is 1.88. The Morgan fingerprint density at radius 2 is 1.84 bits per heavy atom. The molecule has 0 aliphatic rings. The molecule has 0 radical (unpaired) electrons. The molecular weight excluding hydrogens is 336 g/mol. The lowest BCUT2D eigenvalue weighted by molar-refractivity contribution is -0.119. The largest absolute Gasteiger partial charge is 0.507 e. The number of hydrogen-bond donors (Lipinski definition) is 2. The van der Waals surface area contributed by atoms with Gasteiger partial charge in [0, 0.05) is 5.69 Å². The first-order valence-electron chi connectivity index (χ1n) is 7.17. The molecule has 0 saturated carbocycles. The lowest BCUT2D eigenvalue weighted by atomic mass is 10.1. The predicted octanol–water partition coefficient (Wildman–Crippen LogP) is 3.10. The van der Waals surface area contributed by atoms with Gasteiger partial charge in [0.15, 0.2) is 6.61 Å². The summed E-state index contributed by atoms with van der Waals surface area (Å²) < 4.78 is 33.1. The summed E-state index contributed by atoms with van der Waals surface area (Å²) >= 11 is 0. The molecule has 0 fully saturated rings. The lowest BCUT2D eigenvalue weighted by Crippen LogP contribution is -2.21. The number of carbonyl (C=O) groups excluding carboxylic acids is 2. The summed E-state index contributed by atoms with van der Waals surface area (Å²) in [5.74, 6) is -1.71. The molecule has 0 aromatic heterocycles. The van der Waals surface area contributed by atoms with Crippen LogP contribution in [0, 0.1) is 6.92 Å².